The zero-order valence-electron chi connectivity index (χ0n) is 8.16. The molecule has 0 unspecified atom stereocenters. The molecular weight excluding hydrogens is 286 g/mol. The maximum absolute atomic E-state index is 10.5. The highest BCUT2D eigenvalue weighted by molar-refractivity contribution is 9.11. The van der Waals surface area contributed by atoms with E-state index in [1.165, 1.54) is 0 Å². The molecule has 2 nitrogen and oxygen atoms in total. The van der Waals surface area contributed by atoms with Gasteiger partial charge in [-0.25, -0.2) is 4.79 Å². The quantitative estimate of drug-likeness (QED) is 0.628. The van der Waals surface area contributed by atoms with Crippen LogP contribution in [0, 0.1) is 11.3 Å². The molecule has 0 aliphatic heterocycles. The second-order valence-electron chi connectivity index (χ2n) is 3.26. The molecule has 0 N–H and O–H groups in total. The van der Waals surface area contributed by atoms with Crippen molar-refractivity contribution < 1.29 is 4.79 Å². The molecular formula is C12H6BrNOS. The topological polar surface area (TPSA) is 40.9 Å². The Morgan fingerprint density at radius 3 is 3.00 bits per heavy atom. The predicted octanol–water partition coefficient (Wildman–Crippen LogP) is 3.49. The lowest BCUT2D eigenvalue weighted by Gasteiger charge is -1.99. The molecule has 2 aromatic rings. The molecule has 0 atom stereocenters. The van der Waals surface area contributed by atoms with Crippen molar-refractivity contribution in [1.29, 1.82) is 5.26 Å². The van der Waals surface area contributed by atoms with Crippen molar-refractivity contribution in [3.63, 3.8) is 0 Å². The van der Waals surface area contributed by atoms with Crippen LogP contribution in [0.25, 0.3) is 10.1 Å². The number of halogens is 1. The lowest BCUT2D eigenvalue weighted by Crippen LogP contribution is -1.88. The molecule has 0 aliphatic rings. The number of benzene rings is 1. The number of hydrogen-bond donors (Lipinski definition) is 0. The molecule has 1 aromatic heterocycles. The van der Waals surface area contributed by atoms with Crippen molar-refractivity contribution in [2.75, 3.05) is 0 Å². The SMILES string of the molecule is N#CC(=C=O)Cc1cccc2cc(Br)sc12. The summed E-state index contributed by atoms with van der Waals surface area (Å²) in [5.41, 5.74) is 1.13. The maximum Gasteiger partial charge on any atom is 0.139 e. The van der Waals surface area contributed by atoms with E-state index in [1.807, 2.05) is 30.3 Å². The fourth-order valence-electron chi connectivity index (χ4n) is 1.52. The van der Waals surface area contributed by atoms with Crippen molar-refractivity contribution in [2.45, 2.75) is 6.42 Å². The first kappa shape index (κ1) is 11.1. The van der Waals surface area contributed by atoms with E-state index in [2.05, 4.69) is 15.9 Å². The third-order valence-electron chi connectivity index (χ3n) is 2.22. The molecule has 0 saturated heterocycles. The van der Waals surface area contributed by atoms with Crippen molar-refractivity contribution in [3.05, 3.63) is 39.2 Å². The minimum atomic E-state index is 0.136. The summed E-state index contributed by atoms with van der Waals surface area (Å²) in [5, 5.41) is 9.83. The van der Waals surface area contributed by atoms with Crippen LogP contribution in [0.15, 0.2) is 33.6 Å². The third kappa shape index (κ3) is 2.07. The summed E-state index contributed by atoms with van der Waals surface area (Å²) in [6.45, 7) is 0. The Labute approximate surface area is 105 Å². The smallest absolute Gasteiger partial charge is 0.139 e. The van der Waals surface area contributed by atoms with E-state index in [1.54, 1.807) is 17.3 Å². The molecule has 1 heterocycles. The Bertz CT molecular complexity index is 632. The number of carbonyl (C=O) groups excluding carboxylic acids is 1. The lowest BCUT2D eigenvalue weighted by atomic mass is 10.1. The van der Waals surface area contributed by atoms with Crippen LogP contribution in [0.3, 0.4) is 0 Å². The first-order valence-corrected chi connectivity index (χ1v) is 6.16. The number of nitriles is 1. The molecule has 16 heavy (non-hydrogen) atoms. The standard InChI is InChI=1S/C12H6BrNOS/c13-11-5-10-3-1-2-9(12(10)16-11)4-8(6-14)7-15/h1-3,5H,4H2. The zero-order valence-corrected chi connectivity index (χ0v) is 10.6. The third-order valence-corrected chi connectivity index (χ3v) is 3.95. The molecule has 2 rings (SSSR count). The van der Waals surface area contributed by atoms with Crippen LogP contribution in [-0.2, 0) is 11.2 Å². The van der Waals surface area contributed by atoms with Gasteiger partial charge in [0.25, 0.3) is 0 Å². The fourth-order valence-corrected chi connectivity index (χ4v) is 3.15. The van der Waals surface area contributed by atoms with Gasteiger partial charge in [0, 0.05) is 11.1 Å². The van der Waals surface area contributed by atoms with Gasteiger partial charge in [0.05, 0.1) is 3.79 Å². The van der Waals surface area contributed by atoms with Crippen molar-refractivity contribution in [3.8, 4) is 6.07 Å². The van der Waals surface area contributed by atoms with E-state index in [9.17, 15) is 4.79 Å². The summed E-state index contributed by atoms with van der Waals surface area (Å²) in [4.78, 5) is 10.5. The molecule has 0 amide bonds. The van der Waals surface area contributed by atoms with E-state index in [4.69, 9.17) is 5.26 Å². The summed E-state index contributed by atoms with van der Waals surface area (Å²) in [6.07, 6.45) is 0.351. The number of allylic oxidation sites excluding steroid dienone is 1. The Balaban J connectivity index is 2.53. The minimum Gasteiger partial charge on any atom is -0.232 e. The molecule has 0 radical (unpaired) electrons. The Kier molecular flexibility index (Phi) is 3.21. The number of nitrogens with zero attached hydrogens (tertiary/aromatic N) is 1. The van der Waals surface area contributed by atoms with Crippen molar-refractivity contribution in [1.82, 2.24) is 0 Å². The van der Waals surface area contributed by atoms with Gasteiger partial charge in [-0.05, 0) is 32.9 Å². The second-order valence-corrected chi connectivity index (χ2v) is 5.69. The van der Waals surface area contributed by atoms with Gasteiger partial charge in [-0.1, -0.05) is 18.2 Å². The number of thiophene rings is 1. The molecule has 4 heteroatoms. The van der Waals surface area contributed by atoms with Gasteiger partial charge in [0.2, 0.25) is 0 Å². The van der Waals surface area contributed by atoms with Crippen LogP contribution < -0.4 is 0 Å². The highest BCUT2D eigenvalue weighted by atomic mass is 79.9. The average Bonchev–Trinajstić information content (AvgIpc) is 2.67. The Morgan fingerprint density at radius 1 is 1.50 bits per heavy atom. The molecule has 78 valence electrons. The van der Waals surface area contributed by atoms with E-state index >= 15 is 0 Å². The van der Waals surface area contributed by atoms with Gasteiger partial charge in [0.1, 0.15) is 17.6 Å². The second kappa shape index (κ2) is 4.63. The van der Waals surface area contributed by atoms with Crippen molar-refractivity contribution >= 4 is 43.3 Å². The fraction of sp³-hybridized carbons (Fsp3) is 0.0833. The van der Waals surface area contributed by atoms with Gasteiger partial charge in [-0.2, -0.15) is 5.26 Å². The zero-order chi connectivity index (χ0) is 11.5. The van der Waals surface area contributed by atoms with Gasteiger partial charge >= 0.3 is 0 Å². The van der Waals surface area contributed by atoms with Crippen LogP contribution in [-0.4, -0.2) is 5.94 Å². The van der Waals surface area contributed by atoms with E-state index in [0.717, 1.165) is 19.4 Å². The number of fused-ring (bicyclic) bond motifs is 1. The van der Waals surface area contributed by atoms with E-state index in [0.29, 0.717) is 6.42 Å². The lowest BCUT2D eigenvalue weighted by molar-refractivity contribution is 0.567. The van der Waals surface area contributed by atoms with Gasteiger partial charge in [-0.3, -0.25) is 0 Å². The predicted molar refractivity (Wildman–Crippen MR) is 68.0 cm³/mol. The maximum atomic E-state index is 10.5. The molecule has 0 spiro atoms. The number of hydrogen-bond acceptors (Lipinski definition) is 3. The minimum absolute atomic E-state index is 0.136. The van der Waals surface area contributed by atoms with Crippen molar-refractivity contribution in [2.24, 2.45) is 0 Å². The summed E-state index contributed by atoms with van der Waals surface area (Å²) >= 11 is 5.03. The first-order chi connectivity index (χ1) is 7.74. The summed E-state index contributed by atoms with van der Waals surface area (Å²) in [5.74, 6) is 1.67. The van der Waals surface area contributed by atoms with E-state index < -0.39 is 0 Å². The van der Waals surface area contributed by atoms with Crippen LogP contribution in [0.4, 0.5) is 0 Å². The van der Waals surface area contributed by atoms with Crippen LogP contribution in [0.2, 0.25) is 0 Å². The normalized spacial score (nSPS) is 9.75. The monoisotopic (exact) mass is 291 g/mol. The summed E-state index contributed by atoms with van der Waals surface area (Å²) in [7, 11) is 0. The molecule has 0 aliphatic carbocycles. The summed E-state index contributed by atoms with van der Waals surface area (Å²) < 4.78 is 2.15. The molecule has 1 aromatic carbocycles. The average molecular weight is 292 g/mol. The molecule has 0 saturated carbocycles. The highest BCUT2D eigenvalue weighted by Crippen LogP contribution is 2.32. The Hall–Kier alpha value is -1.40. The Morgan fingerprint density at radius 2 is 2.31 bits per heavy atom. The summed E-state index contributed by atoms with van der Waals surface area (Å²) in [6, 6.07) is 9.75. The van der Waals surface area contributed by atoms with E-state index in [-0.39, 0.29) is 5.57 Å². The van der Waals surface area contributed by atoms with Gasteiger partial charge in [0.15, 0.2) is 0 Å². The van der Waals surface area contributed by atoms with Crippen LogP contribution in [0.1, 0.15) is 5.56 Å². The largest absolute Gasteiger partial charge is 0.232 e. The van der Waals surface area contributed by atoms with Gasteiger partial charge < -0.3 is 0 Å². The number of rotatable bonds is 2. The van der Waals surface area contributed by atoms with Gasteiger partial charge in [-0.15, -0.1) is 11.3 Å². The first-order valence-electron chi connectivity index (χ1n) is 4.55. The molecule has 0 fully saturated rings. The molecule has 0 bridgehead atoms. The highest BCUT2D eigenvalue weighted by Gasteiger charge is 2.07. The van der Waals surface area contributed by atoms with Crippen LogP contribution >= 0.6 is 27.3 Å². The van der Waals surface area contributed by atoms with Crippen LogP contribution in [0.5, 0.6) is 0 Å².